The molecule has 0 amide bonds. The van der Waals surface area contributed by atoms with Crippen LogP contribution in [0.25, 0.3) is 0 Å². The number of hydrogen-bond acceptors (Lipinski definition) is 5. The lowest BCUT2D eigenvalue weighted by Crippen LogP contribution is -2.27. The number of anilines is 2. The highest BCUT2D eigenvalue weighted by Crippen LogP contribution is 2.20. The van der Waals surface area contributed by atoms with Gasteiger partial charge in [0, 0.05) is 38.8 Å². The van der Waals surface area contributed by atoms with Gasteiger partial charge in [-0.05, 0) is 13.3 Å². The maximum absolute atomic E-state index is 5.89. The van der Waals surface area contributed by atoms with Crippen molar-refractivity contribution in [2.75, 3.05) is 36.5 Å². The van der Waals surface area contributed by atoms with Crippen LogP contribution in [0.2, 0.25) is 0 Å². The Bertz CT molecular complexity index is 354. The highest BCUT2D eigenvalue weighted by atomic mass is 15.2. The standard InChI is InChI=1S/C11H19N5/c1-3-15(2)10-6-11(14-8-13-10)16-5-4-9(12)7-16/h6,8-9H,3-5,7,12H2,1-2H3. The van der Waals surface area contributed by atoms with Crippen molar-refractivity contribution in [1.82, 2.24) is 9.97 Å². The van der Waals surface area contributed by atoms with Gasteiger partial charge in [-0.25, -0.2) is 9.97 Å². The van der Waals surface area contributed by atoms with Crippen LogP contribution in [-0.4, -0.2) is 42.7 Å². The van der Waals surface area contributed by atoms with Gasteiger partial charge >= 0.3 is 0 Å². The van der Waals surface area contributed by atoms with Crippen LogP contribution in [0.1, 0.15) is 13.3 Å². The molecule has 0 aliphatic carbocycles. The third-order valence-electron chi connectivity index (χ3n) is 3.05. The van der Waals surface area contributed by atoms with E-state index >= 15 is 0 Å². The maximum atomic E-state index is 5.89. The molecule has 0 aromatic carbocycles. The molecule has 1 aromatic heterocycles. The molecule has 2 rings (SSSR count). The zero-order chi connectivity index (χ0) is 11.5. The Morgan fingerprint density at radius 3 is 3.00 bits per heavy atom. The molecular formula is C11H19N5. The normalized spacial score (nSPS) is 20.2. The number of rotatable bonds is 3. The lowest BCUT2D eigenvalue weighted by atomic mass is 10.3. The number of nitrogens with zero attached hydrogens (tertiary/aromatic N) is 4. The Kier molecular flexibility index (Phi) is 3.24. The van der Waals surface area contributed by atoms with E-state index in [1.54, 1.807) is 6.33 Å². The van der Waals surface area contributed by atoms with Gasteiger partial charge in [0.1, 0.15) is 18.0 Å². The van der Waals surface area contributed by atoms with Crippen molar-refractivity contribution in [2.24, 2.45) is 5.73 Å². The summed E-state index contributed by atoms with van der Waals surface area (Å²) >= 11 is 0. The van der Waals surface area contributed by atoms with E-state index in [1.807, 2.05) is 13.1 Å². The smallest absolute Gasteiger partial charge is 0.134 e. The molecule has 1 atom stereocenters. The monoisotopic (exact) mass is 221 g/mol. The van der Waals surface area contributed by atoms with Crippen LogP contribution in [0.5, 0.6) is 0 Å². The van der Waals surface area contributed by atoms with Crippen molar-refractivity contribution >= 4 is 11.6 Å². The summed E-state index contributed by atoms with van der Waals surface area (Å²) in [5, 5.41) is 0. The van der Waals surface area contributed by atoms with E-state index in [1.165, 1.54) is 0 Å². The first kappa shape index (κ1) is 11.1. The first-order valence-corrected chi connectivity index (χ1v) is 5.74. The second-order valence-corrected chi connectivity index (χ2v) is 4.24. The number of hydrogen-bond donors (Lipinski definition) is 1. The molecule has 1 aromatic rings. The predicted octanol–water partition coefficient (Wildman–Crippen LogP) is 0.470. The molecule has 88 valence electrons. The van der Waals surface area contributed by atoms with Crippen LogP contribution in [0.15, 0.2) is 12.4 Å². The fourth-order valence-corrected chi connectivity index (χ4v) is 1.88. The van der Waals surface area contributed by atoms with E-state index in [4.69, 9.17) is 5.73 Å². The quantitative estimate of drug-likeness (QED) is 0.804. The van der Waals surface area contributed by atoms with Gasteiger partial charge in [0.25, 0.3) is 0 Å². The molecule has 1 aliphatic heterocycles. The maximum Gasteiger partial charge on any atom is 0.134 e. The molecule has 5 heteroatoms. The zero-order valence-corrected chi connectivity index (χ0v) is 9.93. The summed E-state index contributed by atoms with van der Waals surface area (Å²) in [6.07, 6.45) is 2.67. The lowest BCUT2D eigenvalue weighted by Gasteiger charge is -2.20. The van der Waals surface area contributed by atoms with Crippen LogP contribution in [-0.2, 0) is 0 Å². The molecule has 1 saturated heterocycles. The minimum absolute atomic E-state index is 0.280. The summed E-state index contributed by atoms with van der Waals surface area (Å²) in [5.74, 6) is 1.95. The summed E-state index contributed by atoms with van der Waals surface area (Å²) in [6.45, 7) is 4.93. The van der Waals surface area contributed by atoms with Crippen molar-refractivity contribution in [3.63, 3.8) is 0 Å². The van der Waals surface area contributed by atoms with E-state index in [2.05, 4.69) is 26.7 Å². The number of nitrogens with two attached hydrogens (primary N) is 1. The van der Waals surface area contributed by atoms with Gasteiger partial charge in [0.05, 0.1) is 0 Å². The first-order valence-electron chi connectivity index (χ1n) is 5.74. The Morgan fingerprint density at radius 1 is 1.56 bits per heavy atom. The molecule has 1 fully saturated rings. The molecule has 0 bridgehead atoms. The van der Waals surface area contributed by atoms with Crippen molar-refractivity contribution in [1.29, 1.82) is 0 Å². The third-order valence-corrected chi connectivity index (χ3v) is 3.05. The van der Waals surface area contributed by atoms with Gasteiger partial charge in [0.2, 0.25) is 0 Å². The summed E-state index contributed by atoms with van der Waals surface area (Å²) in [4.78, 5) is 12.9. The molecule has 2 N–H and O–H groups in total. The van der Waals surface area contributed by atoms with Gasteiger partial charge in [-0.2, -0.15) is 0 Å². The van der Waals surface area contributed by atoms with Gasteiger partial charge in [0.15, 0.2) is 0 Å². The largest absolute Gasteiger partial charge is 0.360 e. The summed E-state index contributed by atoms with van der Waals surface area (Å²) < 4.78 is 0. The van der Waals surface area contributed by atoms with E-state index in [0.717, 1.165) is 37.7 Å². The van der Waals surface area contributed by atoms with Gasteiger partial charge < -0.3 is 15.5 Å². The highest BCUT2D eigenvalue weighted by Gasteiger charge is 2.20. The average molecular weight is 221 g/mol. The van der Waals surface area contributed by atoms with Gasteiger partial charge in [-0.3, -0.25) is 0 Å². The van der Waals surface area contributed by atoms with E-state index < -0.39 is 0 Å². The third kappa shape index (κ3) is 2.24. The fraction of sp³-hybridized carbons (Fsp3) is 0.636. The number of aromatic nitrogens is 2. The lowest BCUT2D eigenvalue weighted by molar-refractivity contribution is 0.751. The van der Waals surface area contributed by atoms with Crippen molar-refractivity contribution in [3.8, 4) is 0 Å². The first-order chi connectivity index (χ1) is 7.70. The Labute approximate surface area is 96.3 Å². The Balaban J connectivity index is 2.16. The minimum atomic E-state index is 0.280. The molecule has 16 heavy (non-hydrogen) atoms. The SMILES string of the molecule is CCN(C)c1cc(N2CCC(N)C2)ncn1. The molecule has 1 unspecified atom stereocenters. The van der Waals surface area contributed by atoms with Crippen LogP contribution >= 0.6 is 0 Å². The van der Waals surface area contributed by atoms with E-state index in [-0.39, 0.29) is 6.04 Å². The van der Waals surface area contributed by atoms with E-state index in [0.29, 0.717) is 0 Å². The predicted molar refractivity (Wildman–Crippen MR) is 65.8 cm³/mol. The van der Waals surface area contributed by atoms with Crippen LogP contribution in [0.4, 0.5) is 11.6 Å². The Hall–Kier alpha value is -1.36. The van der Waals surface area contributed by atoms with Gasteiger partial charge in [-0.1, -0.05) is 0 Å². The minimum Gasteiger partial charge on any atom is -0.360 e. The molecule has 0 radical (unpaired) electrons. The second-order valence-electron chi connectivity index (χ2n) is 4.24. The van der Waals surface area contributed by atoms with Crippen LogP contribution in [0.3, 0.4) is 0 Å². The van der Waals surface area contributed by atoms with Crippen molar-refractivity contribution < 1.29 is 0 Å². The molecule has 2 heterocycles. The summed E-state index contributed by atoms with van der Waals surface area (Å²) in [5.41, 5.74) is 5.89. The van der Waals surface area contributed by atoms with Gasteiger partial charge in [-0.15, -0.1) is 0 Å². The highest BCUT2D eigenvalue weighted by molar-refractivity contribution is 5.50. The topological polar surface area (TPSA) is 58.3 Å². The summed E-state index contributed by atoms with van der Waals surface area (Å²) in [7, 11) is 2.03. The molecular weight excluding hydrogens is 202 g/mol. The van der Waals surface area contributed by atoms with Crippen LogP contribution < -0.4 is 15.5 Å². The fourth-order valence-electron chi connectivity index (χ4n) is 1.88. The average Bonchev–Trinajstić information content (AvgIpc) is 2.75. The molecule has 0 spiro atoms. The molecule has 1 aliphatic rings. The van der Waals surface area contributed by atoms with E-state index in [9.17, 15) is 0 Å². The Morgan fingerprint density at radius 2 is 2.38 bits per heavy atom. The van der Waals surface area contributed by atoms with Crippen molar-refractivity contribution in [2.45, 2.75) is 19.4 Å². The molecule has 5 nitrogen and oxygen atoms in total. The molecule has 0 saturated carbocycles. The van der Waals surface area contributed by atoms with Crippen LogP contribution in [0, 0.1) is 0 Å². The summed E-state index contributed by atoms with van der Waals surface area (Å²) in [6, 6.07) is 2.31. The van der Waals surface area contributed by atoms with Crippen molar-refractivity contribution in [3.05, 3.63) is 12.4 Å². The zero-order valence-electron chi connectivity index (χ0n) is 9.93. The second kappa shape index (κ2) is 4.65.